The Morgan fingerprint density at radius 1 is 1.13 bits per heavy atom. The van der Waals surface area contributed by atoms with Crippen molar-refractivity contribution in [2.24, 2.45) is 5.73 Å². The number of carbonyl (C=O) groups is 2. The first kappa shape index (κ1) is 16.3. The number of hydrogen-bond donors (Lipinski definition) is 3. The number of hydrogen-bond acceptors (Lipinski definition) is 3. The summed E-state index contributed by atoms with van der Waals surface area (Å²) in [4.78, 5) is 18.2. The predicted molar refractivity (Wildman–Crippen MR) is 57.7 cm³/mol. The molecule has 0 aromatic heterocycles. The van der Waals surface area contributed by atoms with E-state index in [4.69, 9.17) is 25.5 Å². The summed E-state index contributed by atoms with van der Waals surface area (Å²) < 4.78 is 0. The lowest BCUT2D eigenvalue weighted by atomic mass is 10.1. The molecule has 0 fully saturated rings. The minimum absolute atomic E-state index is 0.455. The Balaban J connectivity index is 0. The maximum absolute atomic E-state index is 9.10. The Morgan fingerprint density at radius 2 is 1.60 bits per heavy atom. The van der Waals surface area contributed by atoms with Crippen LogP contribution in [0.3, 0.4) is 0 Å². The second-order valence-electron chi connectivity index (χ2n) is 3.27. The van der Waals surface area contributed by atoms with Gasteiger partial charge < -0.3 is 15.9 Å². The molecular formula is C10H21NO4. The first-order chi connectivity index (χ1) is 6.95. The molecule has 0 rings (SSSR count). The third kappa shape index (κ3) is 15.6. The Kier molecular flexibility index (Phi) is 12.0. The summed E-state index contributed by atoms with van der Waals surface area (Å²) in [7, 11) is 0. The summed E-state index contributed by atoms with van der Waals surface area (Å²) in [5.41, 5.74) is 5.71. The molecule has 0 spiro atoms. The predicted octanol–water partition coefficient (Wildman–Crippen LogP) is 1.46. The van der Waals surface area contributed by atoms with Gasteiger partial charge in [-0.05, 0) is 12.8 Å². The first-order valence-electron chi connectivity index (χ1n) is 5.17. The maximum Gasteiger partial charge on any atom is 0.414 e. The topological polar surface area (TPSA) is 101 Å². The lowest BCUT2D eigenvalue weighted by molar-refractivity contribution is -0.159. The maximum atomic E-state index is 9.10. The van der Waals surface area contributed by atoms with Gasteiger partial charge in [-0.1, -0.05) is 33.1 Å². The van der Waals surface area contributed by atoms with E-state index >= 15 is 0 Å². The number of nitrogens with two attached hydrogens (primary N) is 1. The van der Waals surface area contributed by atoms with Crippen molar-refractivity contribution in [2.75, 3.05) is 0 Å². The van der Waals surface area contributed by atoms with E-state index in [1.54, 1.807) is 0 Å². The molecule has 0 aliphatic carbocycles. The van der Waals surface area contributed by atoms with E-state index in [0.717, 1.165) is 6.42 Å². The van der Waals surface area contributed by atoms with Gasteiger partial charge in [-0.2, -0.15) is 0 Å². The van der Waals surface area contributed by atoms with Gasteiger partial charge in [0.05, 0.1) is 0 Å². The molecule has 15 heavy (non-hydrogen) atoms. The van der Waals surface area contributed by atoms with Crippen molar-refractivity contribution in [1.82, 2.24) is 0 Å². The third-order valence-corrected chi connectivity index (χ3v) is 1.89. The third-order valence-electron chi connectivity index (χ3n) is 1.89. The standard InChI is InChI=1S/C8H19N.C2H2O4/c1-3-5-6-7-8(9)4-2;3-1(4)2(5)6/h8H,3-7,9H2,1-2H3;(H,3,4)(H,5,6). The van der Waals surface area contributed by atoms with Crippen molar-refractivity contribution in [3.63, 3.8) is 0 Å². The largest absolute Gasteiger partial charge is 0.473 e. The Labute approximate surface area is 90.3 Å². The van der Waals surface area contributed by atoms with Crippen LogP contribution in [0.25, 0.3) is 0 Å². The fraction of sp³-hybridized carbons (Fsp3) is 0.800. The van der Waals surface area contributed by atoms with Crippen LogP contribution in [0.15, 0.2) is 0 Å². The van der Waals surface area contributed by atoms with E-state index in [2.05, 4.69) is 13.8 Å². The SMILES string of the molecule is CCCCCC(N)CC.O=C(O)C(=O)O. The molecule has 0 saturated heterocycles. The molecule has 4 N–H and O–H groups in total. The highest BCUT2D eigenvalue weighted by atomic mass is 16.4. The molecule has 0 heterocycles. The van der Waals surface area contributed by atoms with Crippen LogP contribution in [0.5, 0.6) is 0 Å². The number of rotatable bonds is 5. The molecular weight excluding hydrogens is 198 g/mol. The van der Waals surface area contributed by atoms with Crippen LogP contribution in [-0.2, 0) is 9.59 Å². The van der Waals surface area contributed by atoms with Crippen LogP contribution in [0.4, 0.5) is 0 Å². The highest BCUT2D eigenvalue weighted by molar-refractivity contribution is 6.27. The molecule has 1 atom stereocenters. The van der Waals surface area contributed by atoms with E-state index < -0.39 is 11.9 Å². The van der Waals surface area contributed by atoms with Crippen LogP contribution < -0.4 is 5.73 Å². The van der Waals surface area contributed by atoms with E-state index in [1.165, 1.54) is 25.7 Å². The Bertz CT molecular complexity index is 170. The van der Waals surface area contributed by atoms with Crippen molar-refractivity contribution in [1.29, 1.82) is 0 Å². The lowest BCUT2D eigenvalue weighted by Crippen LogP contribution is -2.17. The van der Waals surface area contributed by atoms with Crippen molar-refractivity contribution in [2.45, 2.75) is 52.0 Å². The quantitative estimate of drug-likeness (QED) is 0.480. The molecule has 0 saturated carbocycles. The van der Waals surface area contributed by atoms with Gasteiger partial charge in [-0.3, -0.25) is 0 Å². The van der Waals surface area contributed by atoms with E-state index in [1.807, 2.05) is 0 Å². The van der Waals surface area contributed by atoms with Crippen LogP contribution in [-0.4, -0.2) is 28.2 Å². The fourth-order valence-electron chi connectivity index (χ4n) is 0.861. The van der Waals surface area contributed by atoms with Gasteiger partial charge in [-0.15, -0.1) is 0 Å². The minimum atomic E-state index is -1.82. The van der Waals surface area contributed by atoms with Gasteiger partial charge in [-0.25, -0.2) is 9.59 Å². The number of aliphatic carboxylic acids is 2. The molecule has 0 radical (unpaired) electrons. The summed E-state index contributed by atoms with van der Waals surface area (Å²) in [6.45, 7) is 4.37. The first-order valence-corrected chi connectivity index (χ1v) is 5.17. The molecule has 0 amide bonds. The van der Waals surface area contributed by atoms with Crippen molar-refractivity contribution < 1.29 is 19.8 Å². The molecule has 5 heteroatoms. The normalized spacial score (nSPS) is 11.1. The second kappa shape index (κ2) is 11.0. The summed E-state index contributed by atoms with van der Waals surface area (Å²) >= 11 is 0. The van der Waals surface area contributed by atoms with Gasteiger partial charge in [0.25, 0.3) is 0 Å². The zero-order valence-electron chi connectivity index (χ0n) is 9.40. The molecule has 90 valence electrons. The summed E-state index contributed by atoms with van der Waals surface area (Å²) in [6, 6.07) is 0.455. The monoisotopic (exact) mass is 219 g/mol. The summed E-state index contributed by atoms with van der Waals surface area (Å²) in [5, 5.41) is 14.8. The van der Waals surface area contributed by atoms with Crippen molar-refractivity contribution in [3.8, 4) is 0 Å². The molecule has 0 aromatic rings. The molecule has 0 bridgehead atoms. The van der Waals surface area contributed by atoms with Crippen LogP contribution >= 0.6 is 0 Å². The van der Waals surface area contributed by atoms with Crippen LogP contribution in [0.1, 0.15) is 46.0 Å². The number of unbranched alkanes of at least 4 members (excludes halogenated alkanes) is 2. The number of carboxylic acid groups (broad SMARTS) is 2. The van der Waals surface area contributed by atoms with Crippen LogP contribution in [0, 0.1) is 0 Å². The average Bonchev–Trinajstić information content (AvgIpc) is 2.18. The highest BCUT2D eigenvalue weighted by Gasteiger charge is 2.04. The van der Waals surface area contributed by atoms with Crippen molar-refractivity contribution in [3.05, 3.63) is 0 Å². The highest BCUT2D eigenvalue weighted by Crippen LogP contribution is 2.03. The molecule has 0 aliphatic rings. The van der Waals surface area contributed by atoms with E-state index in [0.29, 0.717) is 6.04 Å². The smallest absolute Gasteiger partial charge is 0.414 e. The zero-order chi connectivity index (χ0) is 12.3. The Morgan fingerprint density at radius 3 is 1.87 bits per heavy atom. The average molecular weight is 219 g/mol. The van der Waals surface area contributed by atoms with Gasteiger partial charge >= 0.3 is 11.9 Å². The van der Waals surface area contributed by atoms with Gasteiger partial charge in [0.2, 0.25) is 0 Å². The second-order valence-corrected chi connectivity index (χ2v) is 3.27. The van der Waals surface area contributed by atoms with Gasteiger partial charge in [0.15, 0.2) is 0 Å². The minimum Gasteiger partial charge on any atom is -0.473 e. The van der Waals surface area contributed by atoms with Crippen molar-refractivity contribution >= 4 is 11.9 Å². The van der Waals surface area contributed by atoms with Crippen LogP contribution in [0.2, 0.25) is 0 Å². The molecule has 0 aromatic carbocycles. The summed E-state index contributed by atoms with van der Waals surface area (Å²) in [5.74, 6) is -3.65. The number of carboxylic acids is 2. The fourth-order valence-corrected chi connectivity index (χ4v) is 0.861. The van der Waals surface area contributed by atoms with Gasteiger partial charge in [0, 0.05) is 6.04 Å². The van der Waals surface area contributed by atoms with E-state index in [9.17, 15) is 0 Å². The van der Waals surface area contributed by atoms with Gasteiger partial charge in [0.1, 0.15) is 0 Å². The van der Waals surface area contributed by atoms with E-state index in [-0.39, 0.29) is 0 Å². The molecule has 5 nitrogen and oxygen atoms in total. The lowest BCUT2D eigenvalue weighted by Gasteiger charge is -2.05. The zero-order valence-corrected chi connectivity index (χ0v) is 9.40. The molecule has 0 aliphatic heterocycles. The Hall–Kier alpha value is -1.10. The summed E-state index contributed by atoms with van der Waals surface area (Å²) in [6.07, 6.45) is 6.30. The molecule has 1 unspecified atom stereocenters.